The highest BCUT2D eigenvalue weighted by Crippen LogP contribution is 2.23. The van der Waals surface area contributed by atoms with Gasteiger partial charge in [-0.2, -0.15) is 0 Å². The monoisotopic (exact) mass is 478 g/mol. The minimum atomic E-state index is -0.403. The number of esters is 1. The number of hydrogen-bond donors (Lipinski definition) is 1. The van der Waals surface area contributed by atoms with E-state index in [-0.39, 0.29) is 11.7 Å². The van der Waals surface area contributed by atoms with E-state index in [4.69, 9.17) is 4.74 Å². The van der Waals surface area contributed by atoms with Crippen LogP contribution in [-0.4, -0.2) is 32.4 Å². The Morgan fingerprint density at radius 3 is 2.52 bits per heavy atom. The molecule has 4 rings (SSSR count). The van der Waals surface area contributed by atoms with Crippen molar-refractivity contribution in [1.82, 2.24) is 14.8 Å². The minimum Gasteiger partial charge on any atom is -0.426 e. The number of carbonyl (C=O) groups is 2. The summed E-state index contributed by atoms with van der Waals surface area (Å²) in [6.07, 6.45) is 1.63. The molecule has 7 nitrogen and oxygen atoms in total. The van der Waals surface area contributed by atoms with Crippen LogP contribution in [0.1, 0.15) is 35.0 Å². The zero-order valence-corrected chi connectivity index (χ0v) is 19.7. The van der Waals surface area contributed by atoms with Crippen molar-refractivity contribution in [2.45, 2.75) is 24.9 Å². The van der Waals surface area contributed by atoms with Gasteiger partial charge < -0.3 is 10.1 Å². The molecule has 0 radical (unpaired) electrons. The van der Waals surface area contributed by atoms with Crippen molar-refractivity contribution in [2.75, 3.05) is 11.1 Å². The molecule has 168 valence electrons. The average molecular weight is 479 g/mol. The van der Waals surface area contributed by atoms with E-state index in [1.807, 2.05) is 28.1 Å². The van der Waals surface area contributed by atoms with Crippen molar-refractivity contribution in [3.8, 4) is 11.4 Å². The van der Waals surface area contributed by atoms with Crippen LogP contribution in [0.5, 0.6) is 5.75 Å². The van der Waals surface area contributed by atoms with Crippen LogP contribution < -0.4 is 10.1 Å². The summed E-state index contributed by atoms with van der Waals surface area (Å²) < 4.78 is 7.25. The molecule has 33 heavy (non-hydrogen) atoms. The fraction of sp³-hybridized carbons (Fsp3) is 0.167. The van der Waals surface area contributed by atoms with Gasteiger partial charge in [-0.05, 0) is 59.3 Å². The molecule has 2 aromatic heterocycles. The summed E-state index contributed by atoms with van der Waals surface area (Å²) in [6, 6.07) is 18.4. The van der Waals surface area contributed by atoms with Crippen LogP contribution in [0.15, 0.2) is 77.5 Å². The first-order chi connectivity index (χ1) is 16.0. The van der Waals surface area contributed by atoms with E-state index in [9.17, 15) is 9.59 Å². The Labute approximate surface area is 199 Å². The highest BCUT2D eigenvalue weighted by molar-refractivity contribution is 7.99. The maximum atomic E-state index is 12.3. The zero-order valence-electron chi connectivity index (χ0n) is 18.1. The number of thioether (sulfide) groups is 1. The molecule has 0 aliphatic carbocycles. The maximum Gasteiger partial charge on any atom is 0.321 e. The molecule has 0 fully saturated rings. The van der Waals surface area contributed by atoms with E-state index >= 15 is 0 Å². The molecule has 0 aliphatic heterocycles. The predicted octanol–water partition coefficient (Wildman–Crippen LogP) is 5.40. The van der Waals surface area contributed by atoms with E-state index in [0.717, 1.165) is 5.69 Å². The van der Waals surface area contributed by atoms with Gasteiger partial charge in [0.1, 0.15) is 12.1 Å². The molecular weight excluding hydrogens is 456 g/mol. The Bertz CT molecular complexity index is 1220. The lowest BCUT2D eigenvalue weighted by Crippen LogP contribution is -2.12. The normalized spacial score (nSPS) is 10.9. The van der Waals surface area contributed by atoms with Crippen LogP contribution >= 0.6 is 23.1 Å². The molecule has 0 bridgehead atoms. The van der Waals surface area contributed by atoms with Crippen LogP contribution in [-0.2, 0) is 4.79 Å². The summed E-state index contributed by atoms with van der Waals surface area (Å²) in [5, 5.41) is 13.4. The second kappa shape index (κ2) is 10.5. The van der Waals surface area contributed by atoms with Gasteiger partial charge in [0.05, 0.1) is 10.6 Å². The number of carbonyl (C=O) groups excluding carboxylic acids is 2. The minimum absolute atomic E-state index is 0.0830. The highest BCUT2D eigenvalue weighted by atomic mass is 32.2. The smallest absolute Gasteiger partial charge is 0.321 e. The second-order valence-electron chi connectivity index (χ2n) is 7.45. The number of rotatable bonds is 8. The molecule has 9 heteroatoms. The number of thiophene rings is 1. The summed E-state index contributed by atoms with van der Waals surface area (Å²) in [5.41, 5.74) is 2.81. The van der Waals surface area contributed by atoms with Crippen molar-refractivity contribution >= 4 is 40.7 Å². The molecule has 0 saturated heterocycles. The zero-order chi connectivity index (χ0) is 23.2. The third-order valence-electron chi connectivity index (χ3n) is 4.76. The fourth-order valence-corrected chi connectivity index (χ4v) is 4.33. The summed E-state index contributed by atoms with van der Waals surface area (Å²) >= 11 is 2.63. The van der Waals surface area contributed by atoms with Crippen molar-refractivity contribution in [1.29, 1.82) is 0 Å². The number of hydrogen-bond acceptors (Lipinski definition) is 7. The average Bonchev–Trinajstić information content (AvgIpc) is 3.51. The van der Waals surface area contributed by atoms with Crippen LogP contribution in [0.25, 0.3) is 5.69 Å². The predicted molar refractivity (Wildman–Crippen MR) is 131 cm³/mol. The molecule has 0 saturated carbocycles. The molecule has 2 aromatic carbocycles. The number of nitrogens with one attached hydrogen (secondary N) is 1. The van der Waals surface area contributed by atoms with E-state index in [1.165, 1.54) is 28.7 Å². The highest BCUT2D eigenvalue weighted by Gasteiger charge is 2.13. The second-order valence-corrected chi connectivity index (χ2v) is 9.34. The van der Waals surface area contributed by atoms with Gasteiger partial charge in [0, 0.05) is 11.4 Å². The molecule has 0 unspecified atom stereocenters. The first kappa shape index (κ1) is 22.8. The maximum absolute atomic E-state index is 12.3. The van der Waals surface area contributed by atoms with E-state index < -0.39 is 5.97 Å². The van der Waals surface area contributed by atoms with Crippen LogP contribution in [0.2, 0.25) is 0 Å². The summed E-state index contributed by atoms with van der Waals surface area (Å²) in [4.78, 5) is 25.1. The lowest BCUT2D eigenvalue weighted by Gasteiger charge is -2.09. The largest absolute Gasteiger partial charge is 0.426 e. The number of anilines is 1. The molecule has 0 atom stereocenters. The Kier molecular flexibility index (Phi) is 7.21. The van der Waals surface area contributed by atoms with Gasteiger partial charge in [0.15, 0.2) is 5.16 Å². The molecule has 1 N–H and O–H groups in total. The molecule has 2 heterocycles. The standard InChI is InChI=1S/C24H22N4O3S2/c1-16(2)17-5-9-19(10-6-17)28-15-25-27-24(28)33-14-22(29)31-20-11-7-18(8-12-20)26-23(30)21-4-3-13-32-21/h3-13,15-16H,14H2,1-2H3,(H,26,30). The number of benzene rings is 2. The van der Waals surface area contributed by atoms with Gasteiger partial charge in [-0.15, -0.1) is 21.5 Å². The van der Waals surface area contributed by atoms with Gasteiger partial charge >= 0.3 is 5.97 Å². The molecular formula is C24H22N4O3S2. The molecule has 0 spiro atoms. The molecule has 4 aromatic rings. The SMILES string of the molecule is CC(C)c1ccc(-n2cnnc2SCC(=O)Oc2ccc(NC(=O)c3cccs3)cc2)cc1. The van der Waals surface area contributed by atoms with Crippen molar-refractivity contribution in [3.05, 3.63) is 82.8 Å². The molecule has 0 aliphatic rings. The Morgan fingerprint density at radius 1 is 1.09 bits per heavy atom. The topological polar surface area (TPSA) is 86.1 Å². The van der Waals surface area contributed by atoms with Gasteiger partial charge in [0.25, 0.3) is 5.91 Å². The quantitative estimate of drug-likeness (QED) is 0.207. The van der Waals surface area contributed by atoms with Crippen LogP contribution in [0, 0.1) is 0 Å². The van der Waals surface area contributed by atoms with Crippen molar-refractivity contribution in [2.24, 2.45) is 0 Å². The Hall–Kier alpha value is -3.43. The Balaban J connectivity index is 1.31. The Morgan fingerprint density at radius 2 is 1.85 bits per heavy atom. The molecule has 1 amide bonds. The van der Waals surface area contributed by atoms with Crippen molar-refractivity contribution < 1.29 is 14.3 Å². The van der Waals surface area contributed by atoms with Gasteiger partial charge in [0.2, 0.25) is 0 Å². The number of ether oxygens (including phenoxy) is 1. The summed E-state index contributed by atoms with van der Waals surface area (Å²) in [6.45, 7) is 4.30. The summed E-state index contributed by atoms with van der Waals surface area (Å²) in [5.74, 6) is 0.365. The first-order valence-corrected chi connectivity index (χ1v) is 12.1. The van der Waals surface area contributed by atoms with Gasteiger partial charge in [-0.25, -0.2) is 0 Å². The van der Waals surface area contributed by atoms with E-state index in [2.05, 4.69) is 41.5 Å². The third kappa shape index (κ3) is 5.88. The van der Waals surface area contributed by atoms with Gasteiger partial charge in [-0.3, -0.25) is 14.2 Å². The number of aromatic nitrogens is 3. The lowest BCUT2D eigenvalue weighted by atomic mass is 10.0. The van der Waals surface area contributed by atoms with E-state index in [0.29, 0.717) is 27.4 Å². The van der Waals surface area contributed by atoms with Crippen LogP contribution in [0.3, 0.4) is 0 Å². The van der Waals surface area contributed by atoms with Gasteiger partial charge in [-0.1, -0.05) is 43.8 Å². The number of nitrogens with zero attached hydrogens (tertiary/aromatic N) is 3. The van der Waals surface area contributed by atoms with Crippen molar-refractivity contribution in [3.63, 3.8) is 0 Å². The lowest BCUT2D eigenvalue weighted by molar-refractivity contribution is -0.131. The van der Waals surface area contributed by atoms with E-state index in [1.54, 1.807) is 36.7 Å². The summed E-state index contributed by atoms with van der Waals surface area (Å²) in [7, 11) is 0. The first-order valence-electron chi connectivity index (χ1n) is 10.3. The van der Waals surface area contributed by atoms with Crippen LogP contribution in [0.4, 0.5) is 5.69 Å². The third-order valence-corrected chi connectivity index (χ3v) is 6.55. The number of amides is 1. The fourth-order valence-electron chi connectivity index (χ4n) is 3.01.